The lowest BCUT2D eigenvalue weighted by atomic mass is 10.1. The zero-order valence-corrected chi connectivity index (χ0v) is 9.87. The Hall–Kier alpha value is -1.33. The maximum atomic E-state index is 11.6. The summed E-state index contributed by atoms with van der Waals surface area (Å²) >= 11 is 0. The molecular weight excluding hydrogens is 208 g/mol. The number of nitrogens with two attached hydrogens (primary N) is 1. The highest BCUT2D eigenvalue weighted by Crippen LogP contribution is 2.08. The molecule has 0 aliphatic heterocycles. The molecular formula is C11H18N2O3. The zero-order chi connectivity index (χ0) is 12.2. The first-order valence-electron chi connectivity index (χ1n) is 5.07. The van der Waals surface area contributed by atoms with Crippen molar-refractivity contribution >= 4 is 5.91 Å². The SMILES string of the molecule is COCc1ccc(C(=O)NCC(C)(C)N)o1. The highest BCUT2D eigenvalue weighted by molar-refractivity contribution is 5.91. The molecule has 0 spiro atoms. The zero-order valence-electron chi connectivity index (χ0n) is 9.87. The molecule has 1 rings (SSSR count). The van der Waals surface area contributed by atoms with E-state index in [0.717, 1.165) is 0 Å². The van der Waals surface area contributed by atoms with Crippen molar-refractivity contribution in [1.82, 2.24) is 5.32 Å². The fourth-order valence-corrected chi connectivity index (χ4v) is 1.11. The fraction of sp³-hybridized carbons (Fsp3) is 0.545. The average Bonchev–Trinajstić information content (AvgIpc) is 2.62. The number of carbonyl (C=O) groups is 1. The van der Waals surface area contributed by atoms with Crippen LogP contribution in [-0.2, 0) is 11.3 Å². The van der Waals surface area contributed by atoms with Gasteiger partial charge in [0.1, 0.15) is 12.4 Å². The van der Waals surface area contributed by atoms with E-state index in [2.05, 4.69) is 5.32 Å². The van der Waals surface area contributed by atoms with Crippen LogP contribution in [-0.4, -0.2) is 25.1 Å². The Bertz CT molecular complexity index is 352. The van der Waals surface area contributed by atoms with E-state index in [1.165, 1.54) is 0 Å². The monoisotopic (exact) mass is 226 g/mol. The van der Waals surface area contributed by atoms with Gasteiger partial charge in [-0.05, 0) is 26.0 Å². The first-order chi connectivity index (χ1) is 7.42. The van der Waals surface area contributed by atoms with E-state index < -0.39 is 5.54 Å². The van der Waals surface area contributed by atoms with E-state index in [-0.39, 0.29) is 11.7 Å². The summed E-state index contributed by atoms with van der Waals surface area (Å²) in [6.07, 6.45) is 0. The average molecular weight is 226 g/mol. The summed E-state index contributed by atoms with van der Waals surface area (Å²) in [4.78, 5) is 11.6. The topological polar surface area (TPSA) is 77.5 Å². The lowest BCUT2D eigenvalue weighted by Crippen LogP contribution is -2.45. The second-order valence-electron chi connectivity index (χ2n) is 4.37. The van der Waals surface area contributed by atoms with Crippen LogP contribution in [0.2, 0.25) is 0 Å². The lowest BCUT2D eigenvalue weighted by Gasteiger charge is -2.18. The minimum absolute atomic E-state index is 0.263. The van der Waals surface area contributed by atoms with Gasteiger partial charge in [0, 0.05) is 19.2 Å². The second-order valence-corrected chi connectivity index (χ2v) is 4.37. The third-order valence-corrected chi connectivity index (χ3v) is 1.88. The Morgan fingerprint density at radius 1 is 1.56 bits per heavy atom. The van der Waals surface area contributed by atoms with Gasteiger partial charge in [0.15, 0.2) is 5.76 Å². The second kappa shape index (κ2) is 5.14. The van der Waals surface area contributed by atoms with Crippen LogP contribution < -0.4 is 11.1 Å². The third kappa shape index (κ3) is 4.04. The predicted octanol–water partition coefficient (Wildman–Crippen LogP) is 0.893. The van der Waals surface area contributed by atoms with E-state index in [1.54, 1.807) is 19.2 Å². The highest BCUT2D eigenvalue weighted by Gasteiger charge is 2.15. The Balaban J connectivity index is 2.53. The van der Waals surface area contributed by atoms with Crippen LogP contribution in [0, 0.1) is 0 Å². The van der Waals surface area contributed by atoms with Crippen LogP contribution >= 0.6 is 0 Å². The molecule has 1 aromatic heterocycles. The van der Waals surface area contributed by atoms with E-state index in [1.807, 2.05) is 13.8 Å². The molecule has 1 amide bonds. The molecule has 0 aliphatic rings. The van der Waals surface area contributed by atoms with Gasteiger partial charge in [0.2, 0.25) is 0 Å². The van der Waals surface area contributed by atoms with Gasteiger partial charge >= 0.3 is 0 Å². The maximum Gasteiger partial charge on any atom is 0.287 e. The summed E-state index contributed by atoms with van der Waals surface area (Å²) in [7, 11) is 1.57. The smallest absolute Gasteiger partial charge is 0.287 e. The molecule has 3 N–H and O–H groups in total. The van der Waals surface area contributed by atoms with Crippen molar-refractivity contribution in [2.45, 2.75) is 26.0 Å². The maximum absolute atomic E-state index is 11.6. The molecule has 5 nitrogen and oxygen atoms in total. The van der Waals surface area contributed by atoms with Crippen LogP contribution in [0.3, 0.4) is 0 Å². The van der Waals surface area contributed by atoms with Gasteiger partial charge < -0.3 is 20.2 Å². The quantitative estimate of drug-likeness (QED) is 0.781. The molecule has 90 valence electrons. The molecule has 0 saturated carbocycles. The molecule has 0 atom stereocenters. The van der Waals surface area contributed by atoms with E-state index in [0.29, 0.717) is 18.9 Å². The fourth-order valence-electron chi connectivity index (χ4n) is 1.11. The van der Waals surface area contributed by atoms with Gasteiger partial charge in [-0.25, -0.2) is 0 Å². The normalized spacial score (nSPS) is 11.5. The van der Waals surface area contributed by atoms with Crippen LogP contribution in [0.1, 0.15) is 30.2 Å². The molecule has 0 bridgehead atoms. The molecule has 1 aromatic rings. The van der Waals surface area contributed by atoms with Gasteiger partial charge in [-0.2, -0.15) is 0 Å². The molecule has 0 saturated heterocycles. The Morgan fingerprint density at radius 3 is 2.81 bits per heavy atom. The lowest BCUT2D eigenvalue weighted by molar-refractivity contribution is 0.0909. The van der Waals surface area contributed by atoms with Gasteiger partial charge in [-0.1, -0.05) is 0 Å². The Labute approximate surface area is 94.9 Å². The number of nitrogens with one attached hydrogen (secondary N) is 1. The number of ether oxygens (including phenoxy) is 1. The summed E-state index contributed by atoms with van der Waals surface area (Å²) in [5, 5.41) is 2.70. The molecule has 0 aromatic carbocycles. The first kappa shape index (κ1) is 12.7. The van der Waals surface area contributed by atoms with Crippen LogP contribution in [0.5, 0.6) is 0 Å². The highest BCUT2D eigenvalue weighted by atomic mass is 16.5. The molecule has 0 aliphatic carbocycles. The van der Waals surface area contributed by atoms with Crippen molar-refractivity contribution in [3.8, 4) is 0 Å². The standard InChI is InChI=1S/C11H18N2O3/c1-11(2,12)7-13-10(14)9-5-4-8(16-9)6-15-3/h4-5H,6-7,12H2,1-3H3,(H,13,14). The summed E-state index contributed by atoms with van der Waals surface area (Å²) < 4.78 is 10.2. The Kier molecular flexibility index (Phi) is 4.09. The molecule has 0 unspecified atom stereocenters. The van der Waals surface area contributed by atoms with Crippen molar-refractivity contribution < 1.29 is 13.9 Å². The summed E-state index contributed by atoms with van der Waals surface area (Å²) in [6.45, 7) is 4.43. The van der Waals surface area contributed by atoms with E-state index in [4.69, 9.17) is 14.9 Å². The number of hydrogen-bond donors (Lipinski definition) is 2. The number of rotatable bonds is 5. The van der Waals surface area contributed by atoms with Crippen LogP contribution in [0.4, 0.5) is 0 Å². The Morgan fingerprint density at radius 2 is 2.25 bits per heavy atom. The van der Waals surface area contributed by atoms with Gasteiger partial charge in [-0.3, -0.25) is 4.79 Å². The van der Waals surface area contributed by atoms with E-state index >= 15 is 0 Å². The minimum atomic E-state index is -0.433. The molecule has 5 heteroatoms. The largest absolute Gasteiger partial charge is 0.453 e. The number of carbonyl (C=O) groups excluding carboxylic acids is 1. The predicted molar refractivity (Wildman–Crippen MR) is 60.0 cm³/mol. The number of hydrogen-bond acceptors (Lipinski definition) is 4. The van der Waals surface area contributed by atoms with Gasteiger partial charge in [0.25, 0.3) is 5.91 Å². The van der Waals surface area contributed by atoms with Crippen molar-refractivity contribution in [3.05, 3.63) is 23.7 Å². The molecule has 0 fully saturated rings. The first-order valence-corrected chi connectivity index (χ1v) is 5.07. The number of amides is 1. The van der Waals surface area contributed by atoms with Crippen LogP contribution in [0.15, 0.2) is 16.5 Å². The molecule has 1 heterocycles. The third-order valence-electron chi connectivity index (χ3n) is 1.88. The summed E-state index contributed by atoms with van der Waals surface area (Å²) in [5.41, 5.74) is 5.32. The van der Waals surface area contributed by atoms with Crippen molar-refractivity contribution in [1.29, 1.82) is 0 Å². The van der Waals surface area contributed by atoms with Crippen molar-refractivity contribution in [3.63, 3.8) is 0 Å². The van der Waals surface area contributed by atoms with Gasteiger partial charge in [0.05, 0.1) is 0 Å². The van der Waals surface area contributed by atoms with Crippen molar-refractivity contribution in [2.75, 3.05) is 13.7 Å². The van der Waals surface area contributed by atoms with E-state index in [9.17, 15) is 4.79 Å². The number of furan rings is 1. The van der Waals surface area contributed by atoms with Gasteiger partial charge in [-0.15, -0.1) is 0 Å². The van der Waals surface area contributed by atoms with Crippen LogP contribution in [0.25, 0.3) is 0 Å². The number of methoxy groups -OCH3 is 1. The summed E-state index contributed by atoms with van der Waals surface area (Å²) in [6, 6.07) is 3.33. The van der Waals surface area contributed by atoms with Crippen molar-refractivity contribution in [2.24, 2.45) is 5.73 Å². The molecule has 0 radical (unpaired) electrons. The minimum Gasteiger partial charge on any atom is -0.453 e. The molecule has 16 heavy (non-hydrogen) atoms. The summed E-state index contributed by atoms with van der Waals surface area (Å²) in [5.74, 6) is 0.636.